The topological polar surface area (TPSA) is 247 Å². The number of carbonyl (C=O) groups excluding carboxylic acids is 1. The number of anilines is 2. The number of carbonyl (C=O) groups is 2. The quantitative estimate of drug-likeness (QED) is 0.0282. The van der Waals surface area contributed by atoms with E-state index < -0.39 is 134 Å². The minimum absolute atomic E-state index is 0.0329. The van der Waals surface area contributed by atoms with Crippen molar-refractivity contribution < 1.29 is 108 Å². The number of nitrogens with zero attached hydrogens (tertiary/aromatic N) is 5. The maximum atomic E-state index is 14.7. The molecule has 0 radical (unpaired) electrons. The Morgan fingerprint density at radius 3 is 1.25 bits per heavy atom. The van der Waals surface area contributed by atoms with E-state index in [2.05, 4.69) is 57.5 Å². The van der Waals surface area contributed by atoms with Crippen LogP contribution in [-0.2, 0) is 16.0 Å². The van der Waals surface area contributed by atoms with Crippen LogP contribution in [-0.4, -0.2) is 94.8 Å². The number of halogens is 23. The molecule has 40 heteroatoms. The average molecular weight is 1440 g/mol. The summed E-state index contributed by atoms with van der Waals surface area (Å²) in [7, 11) is -0.0679. The first-order valence-corrected chi connectivity index (χ1v) is 26.2. The molecule has 4 rings (SSSR count). The second kappa shape index (κ2) is 32.7. The zero-order valence-corrected chi connectivity index (χ0v) is 48.7. The number of amides is 1. The minimum atomic E-state index is -6.95. The molecule has 464 valence electrons. The number of rotatable bonds is 13. The van der Waals surface area contributed by atoms with Gasteiger partial charge in [-0.3, -0.25) is 25.0 Å². The van der Waals surface area contributed by atoms with E-state index in [1.807, 2.05) is 19.2 Å². The zero-order chi connectivity index (χ0) is 66.7. The molecule has 4 aromatic carbocycles. The fraction of sp³-hybridized carbons (Fsp3) is 0.364. The van der Waals surface area contributed by atoms with Crippen molar-refractivity contribution in [1.29, 1.82) is 10.5 Å². The number of nitriles is 2. The SMILES string of the molecule is CC.CCN(CC)CC.N#Cc1ccc(C(=O)Nc2c(Cl)cc(C(F)(C(F)(F)F)C(F)(F)C(F)(F)F)cc2Br)cc1[N+](=O)[O-].N#Cc1ccc(C(=O)O)cc1[N+](=O)[O-].Nc1c(Cl)cc(C(F)(C(F)(F)F)C(F)(F)C(F)(F)F)cc1Br.O=BPCl. The summed E-state index contributed by atoms with van der Waals surface area (Å²) in [5.74, 6) is -16.2. The van der Waals surface area contributed by atoms with Crippen molar-refractivity contribution >= 4 is 116 Å². The third kappa shape index (κ3) is 19.4. The van der Waals surface area contributed by atoms with E-state index in [9.17, 15) is 109 Å². The normalized spacial score (nSPS) is 13.0. The van der Waals surface area contributed by atoms with E-state index >= 15 is 0 Å². The Kier molecular flexibility index (Phi) is 31.2. The summed E-state index contributed by atoms with van der Waals surface area (Å²) < 4.78 is 243. The van der Waals surface area contributed by atoms with Gasteiger partial charge in [-0.25, -0.2) is 13.6 Å². The van der Waals surface area contributed by atoms with Gasteiger partial charge in [0.25, 0.3) is 17.3 Å². The van der Waals surface area contributed by atoms with Crippen LogP contribution in [0.1, 0.15) is 77.6 Å². The van der Waals surface area contributed by atoms with Crippen molar-refractivity contribution in [2.75, 3.05) is 30.7 Å². The number of nitro benzene ring substituents is 2. The first-order chi connectivity index (χ1) is 38.2. The van der Waals surface area contributed by atoms with Gasteiger partial charge < -0.3 is 21.1 Å². The van der Waals surface area contributed by atoms with Crippen molar-refractivity contribution in [2.45, 2.75) is 82.5 Å². The third-order valence-corrected chi connectivity index (χ3v) is 12.3. The van der Waals surface area contributed by atoms with Crippen LogP contribution in [0.15, 0.2) is 69.6 Å². The number of carboxylic acids is 1. The van der Waals surface area contributed by atoms with Crippen LogP contribution in [0.5, 0.6) is 0 Å². The van der Waals surface area contributed by atoms with Crippen LogP contribution < -0.4 is 11.1 Å². The molecule has 0 bridgehead atoms. The molecule has 0 heterocycles. The van der Waals surface area contributed by atoms with Crippen LogP contribution >= 0.6 is 74.1 Å². The molecule has 3 atom stereocenters. The van der Waals surface area contributed by atoms with Gasteiger partial charge in [-0.05, 0) is 100 Å². The molecule has 4 aromatic rings. The van der Waals surface area contributed by atoms with Gasteiger partial charge in [0, 0.05) is 37.8 Å². The van der Waals surface area contributed by atoms with Crippen LogP contribution in [0.2, 0.25) is 10.0 Å². The Morgan fingerprint density at radius 2 is 0.988 bits per heavy atom. The second-order valence-electron chi connectivity index (χ2n) is 14.9. The Balaban J connectivity index is 0. The Bertz CT molecular complexity index is 3010. The summed E-state index contributed by atoms with van der Waals surface area (Å²) in [5.41, 5.74) is -15.0. The van der Waals surface area contributed by atoms with Crippen LogP contribution in [0, 0.1) is 42.9 Å². The fourth-order valence-corrected chi connectivity index (χ4v) is 7.53. The second-order valence-corrected chi connectivity index (χ2v) is 18.6. The summed E-state index contributed by atoms with van der Waals surface area (Å²) in [6.45, 7) is 14.8. The van der Waals surface area contributed by atoms with Crippen LogP contribution in [0.25, 0.3) is 0 Å². The molecular weight excluding hydrogens is 1400 g/mol. The number of carboxylic acid groups (broad SMARTS) is 1. The van der Waals surface area contributed by atoms with E-state index in [-0.39, 0.29) is 43.2 Å². The van der Waals surface area contributed by atoms with E-state index in [0.717, 1.165) is 30.3 Å². The molecule has 0 spiro atoms. The van der Waals surface area contributed by atoms with Gasteiger partial charge in [0.05, 0.1) is 36.8 Å². The molecule has 4 N–H and O–H groups in total. The standard InChI is InChI=1S/C18H6BrClF9N3O3.C10H4BrClF9N.C8H4N2O4.C6H15N.C2H6.BClHOP/c19-10-4-9(15(21,17(24,25)26)16(22,23)18(27,28)29)5-11(20)13(10)31-14(33)7-1-2-8(6-30)12(3-7)32(34)35;11-4-1-3(2-5(12)6(4)22)7(13,9(16,17)18)8(14,15)10(19,20)21;9-4-6-2-1-5(8(11)12)3-7(6)10(13)14;1-4-7(5-2)6-3;1-2;2-4-1-3/h1-5H,(H,31,33);1-2H,22H2;1-3H,(H,11,12);4-6H2,1-3H3;1-2H3;4H. The molecule has 84 heavy (non-hydrogen) atoms. The van der Waals surface area contributed by atoms with Gasteiger partial charge in [-0.2, -0.15) is 80.8 Å². The summed E-state index contributed by atoms with van der Waals surface area (Å²) in [5, 5.41) is 47.4. The predicted octanol–water partition coefficient (Wildman–Crippen LogP) is 17.0. The summed E-state index contributed by atoms with van der Waals surface area (Å²) in [4.78, 5) is 44.9. The van der Waals surface area contributed by atoms with Crippen molar-refractivity contribution in [3.8, 4) is 12.1 Å². The van der Waals surface area contributed by atoms with E-state index in [4.69, 9.17) is 60.5 Å². The van der Waals surface area contributed by atoms with Gasteiger partial charge in [0.1, 0.15) is 23.3 Å². The molecule has 0 aliphatic rings. The molecule has 1 amide bonds. The Hall–Kier alpha value is -5.78. The van der Waals surface area contributed by atoms with Crippen LogP contribution in [0.4, 0.5) is 102 Å². The van der Waals surface area contributed by atoms with Gasteiger partial charge in [-0.15, -0.1) is 0 Å². The average Bonchev–Trinajstić information content (AvgIpc) is 2.75. The molecule has 0 saturated heterocycles. The third-order valence-electron chi connectivity index (χ3n) is 10.0. The van der Waals surface area contributed by atoms with Crippen molar-refractivity contribution in [3.63, 3.8) is 0 Å². The summed E-state index contributed by atoms with van der Waals surface area (Å²) in [6, 6.07) is 8.48. The molecule has 3 unspecified atom stereocenters. The van der Waals surface area contributed by atoms with Crippen molar-refractivity contribution in [3.05, 3.63) is 133 Å². The Morgan fingerprint density at radius 1 is 0.655 bits per heavy atom. The Labute approximate surface area is 495 Å². The first-order valence-electron chi connectivity index (χ1n) is 21.8. The summed E-state index contributed by atoms with van der Waals surface area (Å²) >= 11 is 20.9. The molecule has 15 nitrogen and oxygen atoms in total. The first kappa shape index (κ1) is 80.3. The van der Waals surface area contributed by atoms with Gasteiger partial charge in [-0.1, -0.05) is 57.8 Å². The van der Waals surface area contributed by atoms with Gasteiger partial charge in [0.15, 0.2) is 0 Å². The van der Waals surface area contributed by atoms with Crippen LogP contribution in [0.3, 0.4) is 0 Å². The van der Waals surface area contributed by atoms with E-state index in [1.54, 1.807) is 6.07 Å². The number of aromatic carboxylic acids is 1. The monoisotopic (exact) mass is 1440 g/mol. The molecule has 0 aliphatic carbocycles. The molecule has 0 saturated carbocycles. The number of nitrogen functional groups attached to an aromatic ring is 1. The molecule has 0 aliphatic heterocycles. The molecular formula is C44H36BBr2Cl3F18N7O8P. The number of nitro groups is 2. The number of nitrogens with one attached hydrogen (secondary N) is 1. The number of nitrogens with two attached hydrogens (primary N) is 1. The van der Waals surface area contributed by atoms with E-state index in [0.29, 0.717) is 12.9 Å². The number of hydrogen-bond acceptors (Lipinski definition) is 11. The van der Waals surface area contributed by atoms with E-state index in [1.165, 1.54) is 25.7 Å². The van der Waals surface area contributed by atoms with Gasteiger partial charge in [0.2, 0.25) is 0 Å². The number of benzene rings is 4. The van der Waals surface area contributed by atoms with Gasteiger partial charge >= 0.3 is 84.5 Å². The van der Waals surface area contributed by atoms with Crippen molar-refractivity contribution in [1.82, 2.24) is 4.90 Å². The predicted molar refractivity (Wildman–Crippen MR) is 278 cm³/mol. The zero-order valence-electron chi connectivity index (χ0n) is 42.3. The molecule has 0 aromatic heterocycles. The molecule has 0 fully saturated rings. The number of alkyl halides is 18. The number of hydrogen-bond donors (Lipinski definition) is 3. The maximum absolute atomic E-state index is 14.7. The van der Waals surface area contributed by atoms with Crippen molar-refractivity contribution in [2.24, 2.45) is 0 Å². The summed E-state index contributed by atoms with van der Waals surface area (Å²) in [6.07, 6.45) is -27.1. The fourth-order valence-electron chi connectivity index (χ4n) is 5.80.